The Morgan fingerprint density at radius 1 is 1.62 bits per heavy atom. The van der Waals surface area contributed by atoms with Gasteiger partial charge < -0.3 is 15.2 Å². The Bertz CT molecular complexity index is 353. The number of hydrogen-bond acceptors (Lipinski definition) is 6. The fourth-order valence-corrected chi connectivity index (χ4v) is 1.66. The molecular weight excluding hydrogens is 230 g/mol. The van der Waals surface area contributed by atoms with E-state index >= 15 is 0 Å². The van der Waals surface area contributed by atoms with Crippen LogP contribution in [0.2, 0.25) is 0 Å². The molecule has 0 saturated carbocycles. The van der Waals surface area contributed by atoms with Gasteiger partial charge in [0.15, 0.2) is 0 Å². The van der Waals surface area contributed by atoms with E-state index in [1.807, 2.05) is 0 Å². The quantitative estimate of drug-likeness (QED) is 0.759. The second-order valence-corrected chi connectivity index (χ2v) is 4.09. The third-order valence-corrected chi connectivity index (χ3v) is 2.76. The van der Waals surface area contributed by atoms with Crippen molar-refractivity contribution in [2.24, 2.45) is 5.92 Å². The Kier molecular flexibility index (Phi) is 4.84. The van der Waals surface area contributed by atoms with Crippen molar-refractivity contribution < 1.29 is 14.7 Å². The standard InChI is InChI=1S/C9H13N3O3S/c1-2-6(8(14)15)3-4-7(13)11-9-12-10-5-16-9/h5-6H,2-4H2,1H3,(H,14,15)(H,11,12,13)/p-1/t6-/m0/s1. The number of anilines is 1. The summed E-state index contributed by atoms with van der Waals surface area (Å²) in [6, 6.07) is 0. The summed E-state index contributed by atoms with van der Waals surface area (Å²) in [5, 5.41) is 20.8. The molecule has 6 nitrogen and oxygen atoms in total. The van der Waals surface area contributed by atoms with Gasteiger partial charge in [0.2, 0.25) is 11.0 Å². The fraction of sp³-hybridized carbons (Fsp3) is 0.556. The Labute approximate surface area is 96.7 Å². The molecule has 1 heterocycles. The van der Waals surface area contributed by atoms with E-state index in [1.165, 1.54) is 16.8 Å². The summed E-state index contributed by atoms with van der Waals surface area (Å²) >= 11 is 1.21. The molecule has 0 fully saturated rings. The molecule has 0 unspecified atom stereocenters. The first-order valence-electron chi connectivity index (χ1n) is 4.90. The molecule has 1 rings (SSSR count). The first-order valence-corrected chi connectivity index (χ1v) is 5.78. The Hall–Kier alpha value is -1.50. The summed E-state index contributed by atoms with van der Waals surface area (Å²) in [6.07, 6.45) is 0.893. The van der Waals surface area contributed by atoms with Gasteiger partial charge in [-0.3, -0.25) is 4.79 Å². The molecule has 0 saturated heterocycles. The van der Waals surface area contributed by atoms with Crippen molar-refractivity contribution in [2.75, 3.05) is 5.32 Å². The van der Waals surface area contributed by atoms with Crippen LogP contribution >= 0.6 is 11.3 Å². The summed E-state index contributed by atoms with van der Waals surface area (Å²) in [7, 11) is 0. The van der Waals surface area contributed by atoms with Crippen molar-refractivity contribution >= 4 is 28.3 Å². The first kappa shape index (κ1) is 12.6. The summed E-state index contributed by atoms with van der Waals surface area (Å²) < 4.78 is 0. The molecule has 0 aliphatic rings. The summed E-state index contributed by atoms with van der Waals surface area (Å²) in [5.41, 5.74) is 1.51. The van der Waals surface area contributed by atoms with Gasteiger partial charge in [-0.25, -0.2) is 0 Å². The van der Waals surface area contributed by atoms with E-state index in [9.17, 15) is 14.7 Å². The van der Waals surface area contributed by atoms with E-state index in [2.05, 4.69) is 15.5 Å². The van der Waals surface area contributed by atoms with Crippen LogP contribution in [-0.2, 0) is 9.59 Å². The number of amides is 1. The monoisotopic (exact) mass is 242 g/mol. The smallest absolute Gasteiger partial charge is 0.226 e. The molecule has 88 valence electrons. The van der Waals surface area contributed by atoms with Crippen molar-refractivity contribution in [1.82, 2.24) is 10.2 Å². The number of aliphatic carboxylic acids is 1. The van der Waals surface area contributed by atoms with Crippen LogP contribution in [0.25, 0.3) is 0 Å². The van der Waals surface area contributed by atoms with E-state index in [0.29, 0.717) is 11.6 Å². The zero-order chi connectivity index (χ0) is 12.0. The average molecular weight is 242 g/mol. The number of hydrogen-bond donors (Lipinski definition) is 1. The van der Waals surface area contributed by atoms with Gasteiger partial charge >= 0.3 is 0 Å². The van der Waals surface area contributed by atoms with Crippen LogP contribution in [0.4, 0.5) is 5.13 Å². The van der Waals surface area contributed by atoms with Gasteiger partial charge in [-0.15, -0.1) is 10.2 Å². The van der Waals surface area contributed by atoms with E-state index in [4.69, 9.17) is 0 Å². The zero-order valence-corrected chi connectivity index (χ0v) is 9.62. The molecule has 1 amide bonds. The van der Waals surface area contributed by atoms with Crippen LogP contribution in [0.1, 0.15) is 26.2 Å². The van der Waals surface area contributed by atoms with E-state index in [1.54, 1.807) is 6.92 Å². The topological polar surface area (TPSA) is 95.0 Å². The fourth-order valence-electron chi connectivity index (χ4n) is 1.20. The Morgan fingerprint density at radius 2 is 2.38 bits per heavy atom. The second-order valence-electron chi connectivity index (χ2n) is 3.25. The summed E-state index contributed by atoms with van der Waals surface area (Å²) in [5.74, 6) is -1.93. The minimum Gasteiger partial charge on any atom is -0.550 e. The minimum atomic E-state index is -1.11. The van der Waals surface area contributed by atoms with E-state index in [0.717, 1.165) is 0 Å². The second kappa shape index (κ2) is 6.16. The molecule has 1 aromatic heterocycles. The van der Waals surface area contributed by atoms with Gasteiger partial charge in [-0.05, 0) is 18.8 Å². The van der Waals surface area contributed by atoms with Crippen LogP contribution in [0.15, 0.2) is 5.51 Å². The predicted octanol–water partition coefficient (Wildman–Crippen LogP) is 0.0329. The number of carboxylic acid groups (broad SMARTS) is 1. The summed E-state index contributed by atoms with van der Waals surface area (Å²) in [6.45, 7) is 1.75. The molecule has 0 spiro atoms. The maximum atomic E-state index is 11.4. The van der Waals surface area contributed by atoms with Crippen LogP contribution in [0.5, 0.6) is 0 Å². The van der Waals surface area contributed by atoms with E-state index < -0.39 is 11.9 Å². The van der Waals surface area contributed by atoms with Gasteiger partial charge in [-0.2, -0.15) is 0 Å². The Morgan fingerprint density at radius 3 is 2.88 bits per heavy atom. The molecule has 0 radical (unpaired) electrons. The summed E-state index contributed by atoms with van der Waals surface area (Å²) in [4.78, 5) is 22.0. The Balaban J connectivity index is 2.32. The molecule has 7 heteroatoms. The van der Waals surface area contributed by atoms with Crippen molar-refractivity contribution in [3.8, 4) is 0 Å². The van der Waals surface area contributed by atoms with Crippen LogP contribution in [0, 0.1) is 5.92 Å². The molecule has 1 atom stereocenters. The number of carboxylic acids is 1. The third-order valence-electron chi connectivity index (χ3n) is 2.15. The molecular formula is C9H12N3O3S-. The lowest BCUT2D eigenvalue weighted by atomic mass is 10.0. The highest BCUT2D eigenvalue weighted by atomic mass is 32.1. The minimum absolute atomic E-state index is 0.145. The molecule has 0 bridgehead atoms. The van der Waals surface area contributed by atoms with Crippen LogP contribution in [-0.4, -0.2) is 22.1 Å². The number of carbonyl (C=O) groups excluding carboxylic acids is 2. The predicted molar refractivity (Wildman–Crippen MR) is 56.6 cm³/mol. The third kappa shape index (κ3) is 3.93. The van der Waals surface area contributed by atoms with Gasteiger partial charge in [-0.1, -0.05) is 18.3 Å². The largest absolute Gasteiger partial charge is 0.550 e. The molecule has 0 aliphatic heterocycles. The van der Waals surface area contributed by atoms with Crippen molar-refractivity contribution in [1.29, 1.82) is 0 Å². The number of nitrogens with zero attached hydrogens (tertiary/aromatic N) is 2. The lowest BCUT2D eigenvalue weighted by molar-refractivity contribution is -0.311. The lowest BCUT2D eigenvalue weighted by Gasteiger charge is -2.14. The van der Waals surface area contributed by atoms with Gasteiger partial charge in [0.25, 0.3) is 0 Å². The molecule has 16 heavy (non-hydrogen) atoms. The number of carbonyl (C=O) groups is 2. The van der Waals surface area contributed by atoms with E-state index in [-0.39, 0.29) is 18.7 Å². The van der Waals surface area contributed by atoms with Crippen molar-refractivity contribution in [3.63, 3.8) is 0 Å². The number of rotatable bonds is 6. The molecule has 1 aromatic rings. The van der Waals surface area contributed by atoms with Gasteiger partial charge in [0, 0.05) is 12.4 Å². The normalized spacial score (nSPS) is 12.1. The molecule has 0 aliphatic carbocycles. The highest BCUT2D eigenvalue weighted by Crippen LogP contribution is 2.12. The number of nitrogens with one attached hydrogen (secondary N) is 1. The average Bonchev–Trinajstić information content (AvgIpc) is 2.70. The highest BCUT2D eigenvalue weighted by molar-refractivity contribution is 7.13. The van der Waals surface area contributed by atoms with Crippen molar-refractivity contribution in [2.45, 2.75) is 26.2 Å². The van der Waals surface area contributed by atoms with Crippen molar-refractivity contribution in [3.05, 3.63) is 5.51 Å². The van der Waals surface area contributed by atoms with Gasteiger partial charge in [0.1, 0.15) is 5.51 Å². The maximum Gasteiger partial charge on any atom is 0.226 e. The first-order chi connectivity index (χ1) is 7.63. The molecule has 1 N–H and O–H groups in total. The highest BCUT2D eigenvalue weighted by Gasteiger charge is 2.11. The maximum absolute atomic E-state index is 11.4. The molecule has 0 aromatic carbocycles. The zero-order valence-electron chi connectivity index (χ0n) is 8.80. The van der Waals surface area contributed by atoms with Crippen LogP contribution in [0.3, 0.4) is 0 Å². The SMILES string of the molecule is CC[C@@H](CCC(=O)Nc1nncs1)C(=O)[O-]. The van der Waals surface area contributed by atoms with Gasteiger partial charge in [0.05, 0.1) is 0 Å². The van der Waals surface area contributed by atoms with Crippen LogP contribution < -0.4 is 10.4 Å². The lowest BCUT2D eigenvalue weighted by Crippen LogP contribution is -2.31. The number of aromatic nitrogens is 2.